The number of benzene rings is 1. The Morgan fingerprint density at radius 1 is 1.29 bits per heavy atom. The molecule has 0 unspecified atom stereocenters. The molecule has 0 bridgehead atoms. The first-order chi connectivity index (χ1) is 8.33. The van der Waals surface area contributed by atoms with Crippen LogP contribution in [0.2, 0.25) is 0 Å². The molecule has 1 aromatic carbocycles. The van der Waals surface area contributed by atoms with E-state index >= 15 is 0 Å². The number of unbranched alkanes of at least 4 members (excludes halogenated alkanes) is 2. The quantitative estimate of drug-likeness (QED) is 0.751. The molecule has 2 rings (SSSR count). The van der Waals surface area contributed by atoms with Crippen LogP contribution in [0.3, 0.4) is 0 Å². The van der Waals surface area contributed by atoms with Gasteiger partial charge in [0.25, 0.3) is 5.56 Å². The van der Waals surface area contributed by atoms with Crippen LogP contribution in [0.5, 0.6) is 0 Å². The normalized spacial score (nSPS) is 10.3. The van der Waals surface area contributed by atoms with Gasteiger partial charge >= 0.3 is 0 Å². The van der Waals surface area contributed by atoms with Gasteiger partial charge < -0.3 is 0 Å². The molecule has 0 aliphatic carbocycles. The van der Waals surface area contributed by atoms with Crippen molar-refractivity contribution in [3.63, 3.8) is 0 Å². The molecule has 0 aliphatic heterocycles. The Hall–Kier alpha value is -2.15. The lowest BCUT2D eigenvalue weighted by Gasteiger charge is -2.05. The number of aryl methyl sites for hydroxylation is 1. The maximum Gasteiger partial charge on any atom is 0.261 e. The van der Waals surface area contributed by atoms with Crippen LogP contribution in [0.25, 0.3) is 10.9 Å². The standard InChI is InChI=1S/C13H13N3O/c14-8-4-1-5-9-16-10-15-12-7-3-2-6-11(12)13(16)17/h2-3,6-7,10H,1,4-5,9H2. The van der Waals surface area contributed by atoms with Gasteiger partial charge in [-0.2, -0.15) is 5.26 Å². The van der Waals surface area contributed by atoms with Crippen LogP contribution >= 0.6 is 0 Å². The molecule has 0 saturated heterocycles. The molecule has 2 aromatic rings. The predicted octanol–water partition coefficient (Wildman–Crippen LogP) is 2.09. The van der Waals surface area contributed by atoms with Crippen LogP contribution in [0, 0.1) is 11.3 Å². The zero-order valence-corrected chi connectivity index (χ0v) is 9.47. The van der Waals surface area contributed by atoms with Gasteiger partial charge in [0.1, 0.15) is 0 Å². The number of nitriles is 1. The van der Waals surface area contributed by atoms with Gasteiger partial charge in [0.05, 0.1) is 23.3 Å². The van der Waals surface area contributed by atoms with Gasteiger partial charge in [-0.05, 0) is 25.0 Å². The van der Waals surface area contributed by atoms with E-state index < -0.39 is 0 Å². The summed E-state index contributed by atoms with van der Waals surface area (Å²) in [4.78, 5) is 16.3. The Labute approximate surface area is 99.1 Å². The minimum absolute atomic E-state index is 0.00689. The third kappa shape index (κ3) is 2.51. The third-order valence-electron chi connectivity index (χ3n) is 2.67. The lowest BCUT2D eigenvalue weighted by atomic mass is 10.2. The van der Waals surface area contributed by atoms with Gasteiger partial charge in [0.2, 0.25) is 0 Å². The Kier molecular flexibility index (Phi) is 3.51. The number of fused-ring (bicyclic) bond motifs is 1. The Morgan fingerprint density at radius 2 is 2.12 bits per heavy atom. The summed E-state index contributed by atoms with van der Waals surface area (Å²) < 4.78 is 1.61. The molecular weight excluding hydrogens is 214 g/mol. The van der Waals surface area contributed by atoms with Gasteiger partial charge in [-0.15, -0.1) is 0 Å². The molecule has 0 atom stereocenters. The summed E-state index contributed by atoms with van der Waals surface area (Å²) in [6.07, 6.45) is 3.76. The number of hydrogen-bond donors (Lipinski definition) is 0. The zero-order chi connectivity index (χ0) is 12.1. The number of aromatic nitrogens is 2. The molecular formula is C13H13N3O. The summed E-state index contributed by atoms with van der Waals surface area (Å²) >= 11 is 0. The fourth-order valence-corrected chi connectivity index (χ4v) is 1.75. The second-order valence-corrected chi connectivity index (χ2v) is 3.88. The first kappa shape index (κ1) is 11.3. The minimum atomic E-state index is -0.00689. The second kappa shape index (κ2) is 5.26. The highest BCUT2D eigenvalue weighted by molar-refractivity contribution is 5.76. The molecule has 0 amide bonds. The molecule has 0 saturated carbocycles. The highest BCUT2D eigenvalue weighted by atomic mass is 16.1. The van der Waals surface area contributed by atoms with Crippen molar-refractivity contribution in [2.24, 2.45) is 0 Å². The molecule has 1 aromatic heterocycles. The van der Waals surface area contributed by atoms with Crippen LogP contribution < -0.4 is 5.56 Å². The maximum absolute atomic E-state index is 12.1. The number of para-hydroxylation sites is 1. The molecule has 4 nitrogen and oxygen atoms in total. The van der Waals surface area contributed by atoms with Crippen LogP contribution in [-0.4, -0.2) is 9.55 Å². The Balaban J connectivity index is 2.22. The number of nitrogens with zero attached hydrogens (tertiary/aromatic N) is 3. The van der Waals surface area contributed by atoms with E-state index in [1.807, 2.05) is 18.2 Å². The smallest absolute Gasteiger partial charge is 0.261 e. The Bertz CT molecular complexity index is 610. The van der Waals surface area contributed by atoms with E-state index in [9.17, 15) is 4.79 Å². The van der Waals surface area contributed by atoms with Crippen molar-refractivity contribution >= 4 is 10.9 Å². The number of hydrogen-bond acceptors (Lipinski definition) is 3. The summed E-state index contributed by atoms with van der Waals surface area (Å²) in [5.41, 5.74) is 0.721. The van der Waals surface area contributed by atoms with Crippen LogP contribution in [0.15, 0.2) is 35.4 Å². The maximum atomic E-state index is 12.1. The van der Waals surface area contributed by atoms with Gasteiger partial charge in [-0.1, -0.05) is 12.1 Å². The molecule has 0 fully saturated rings. The zero-order valence-electron chi connectivity index (χ0n) is 9.47. The molecule has 0 spiro atoms. The van der Waals surface area contributed by atoms with Crippen LogP contribution in [0.1, 0.15) is 19.3 Å². The van der Waals surface area contributed by atoms with E-state index in [0.29, 0.717) is 18.4 Å². The largest absolute Gasteiger partial charge is 0.299 e. The lowest BCUT2D eigenvalue weighted by Crippen LogP contribution is -2.20. The second-order valence-electron chi connectivity index (χ2n) is 3.88. The van der Waals surface area contributed by atoms with E-state index in [2.05, 4.69) is 11.1 Å². The molecule has 0 N–H and O–H groups in total. The van der Waals surface area contributed by atoms with E-state index in [1.54, 1.807) is 17.0 Å². The van der Waals surface area contributed by atoms with Crippen molar-refractivity contribution in [1.29, 1.82) is 5.26 Å². The van der Waals surface area contributed by atoms with Gasteiger partial charge in [0.15, 0.2) is 0 Å². The van der Waals surface area contributed by atoms with E-state index in [4.69, 9.17) is 5.26 Å². The van der Waals surface area contributed by atoms with Crippen LogP contribution in [-0.2, 0) is 6.54 Å². The molecule has 17 heavy (non-hydrogen) atoms. The van der Waals surface area contributed by atoms with Crippen molar-refractivity contribution in [3.05, 3.63) is 40.9 Å². The average Bonchev–Trinajstić information content (AvgIpc) is 2.37. The number of rotatable bonds is 4. The molecule has 4 heteroatoms. The van der Waals surface area contributed by atoms with Crippen molar-refractivity contribution < 1.29 is 0 Å². The van der Waals surface area contributed by atoms with Gasteiger partial charge in [0, 0.05) is 13.0 Å². The summed E-state index contributed by atoms with van der Waals surface area (Å²) in [6, 6.07) is 9.42. The van der Waals surface area contributed by atoms with Crippen molar-refractivity contribution in [1.82, 2.24) is 9.55 Å². The summed E-state index contributed by atoms with van der Waals surface area (Å²) in [6.45, 7) is 0.623. The first-order valence-corrected chi connectivity index (χ1v) is 5.64. The van der Waals surface area contributed by atoms with E-state index in [1.165, 1.54) is 0 Å². The summed E-state index contributed by atoms with van der Waals surface area (Å²) in [5, 5.41) is 9.08. The fourth-order valence-electron chi connectivity index (χ4n) is 1.75. The van der Waals surface area contributed by atoms with Crippen molar-refractivity contribution in [3.8, 4) is 6.07 Å². The van der Waals surface area contributed by atoms with Gasteiger partial charge in [-0.25, -0.2) is 4.98 Å². The topological polar surface area (TPSA) is 58.7 Å². The monoisotopic (exact) mass is 227 g/mol. The first-order valence-electron chi connectivity index (χ1n) is 5.64. The molecule has 1 heterocycles. The molecule has 0 radical (unpaired) electrons. The summed E-state index contributed by atoms with van der Waals surface area (Å²) in [5.74, 6) is 0. The highest BCUT2D eigenvalue weighted by Gasteiger charge is 2.02. The van der Waals surface area contributed by atoms with Crippen molar-refractivity contribution in [2.45, 2.75) is 25.8 Å². The summed E-state index contributed by atoms with van der Waals surface area (Å²) in [7, 11) is 0. The Morgan fingerprint density at radius 3 is 2.94 bits per heavy atom. The van der Waals surface area contributed by atoms with Crippen LogP contribution in [0.4, 0.5) is 0 Å². The molecule has 0 aliphatic rings. The highest BCUT2D eigenvalue weighted by Crippen LogP contribution is 2.05. The SMILES string of the molecule is N#CCCCCn1cnc2ccccc2c1=O. The minimum Gasteiger partial charge on any atom is -0.299 e. The van der Waals surface area contributed by atoms with Crippen molar-refractivity contribution in [2.75, 3.05) is 0 Å². The average molecular weight is 227 g/mol. The molecule has 86 valence electrons. The van der Waals surface area contributed by atoms with Gasteiger partial charge in [-0.3, -0.25) is 9.36 Å². The predicted molar refractivity (Wildman–Crippen MR) is 65.5 cm³/mol. The van der Waals surface area contributed by atoms with E-state index in [0.717, 1.165) is 18.4 Å². The third-order valence-corrected chi connectivity index (χ3v) is 2.67. The van der Waals surface area contributed by atoms with E-state index in [-0.39, 0.29) is 5.56 Å². The fraction of sp³-hybridized carbons (Fsp3) is 0.308. The lowest BCUT2D eigenvalue weighted by molar-refractivity contribution is 0.595.